The van der Waals surface area contributed by atoms with E-state index in [1.807, 2.05) is 13.8 Å². The molecule has 0 aliphatic carbocycles. The quantitative estimate of drug-likeness (QED) is 0.542. The van der Waals surface area contributed by atoms with Gasteiger partial charge in [0.2, 0.25) is 0 Å². The molecule has 0 rings (SSSR count). The number of carboxylic acids is 2. The molecule has 0 bridgehead atoms. The van der Waals surface area contributed by atoms with Crippen molar-refractivity contribution < 1.29 is 24.5 Å². The molecule has 0 aliphatic heterocycles. The molecular formula is C10H18O5. The Labute approximate surface area is 89.4 Å². The Hall–Kier alpha value is -1.52. The summed E-state index contributed by atoms with van der Waals surface area (Å²) in [4.78, 5) is 19.2. The fourth-order valence-corrected chi connectivity index (χ4v) is 0.480. The molecule has 0 radical (unpaired) electrons. The SMILES string of the molecule is C=C(OCCC(C)C)C(=O)O.CC(=O)O. The zero-order chi connectivity index (χ0) is 12.4. The minimum atomic E-state index is -1.09. The summed E-state index contributed by atoms with van der Waals surface area (Å²) in [7, 11) is 0. The standard InChI is InChI=1S/C8H14O3.C2H4O2/c1-6(2)4-5-11-7(3)8(9)10;1-2(3)4/h6H,3-5H2,1-2H3,(H,9,10);1H3,(H,3,4). The highest BCUT2D eigenvalue weighted by atomic mass is 16.5. The maximum atomic E-state index is 10.2. The third-order valence-corrected chi connectivity index (χ3v) is 1.21. The van der Waals surface area contributed by atoms with E-state index in [4.69, 9.17) is 19.7 Å². The number of ether oxygens (including phenoxy) is 1. The first-order chi connectivity index (χ1) is 6.77. The van der Waals surface area contributed by atoms with Crippen molar-refractivity contribution in [1.29, 1.82) is 0 Å². The highest BCUT2D eigenvalue weighted by molar-refractivity contribution is 5.83. The summed E-state index contributed by atoms with van der Waals surface area (Å²) in [6.07, 6.45) is 0.853. The summed E-state index contributed by atoms with van der Waals surface area (Å²) < 4.78 is 4.82. The zero-order valence-corrected chi connectivity index (χ0v) is 9.32. The number of hydrogen-bond acceptors (Lipinski definition) is 3. The fourth-order valence-electron chi connectivity index (χ4n) is 0.480. The molecule has 0 fully saturated rings. The maximum Gasteiger partial charge on any atom is 0.370 e. The lowest BCUT2D eigenvalue weighted by atomic mass is 10.1. The smallest absolute Gasteiger partial charge is 0.370 e. The van der Waals surface area contributed by atoms with Crippen molar-refractivity contribution in [2.24, 2.45) is 5.92 Å². The third-order valence-electron chi connectivity index (χ3n) is 1.21. The Kier molecular flexibility index (Phi) is 9.61. The first-order valence-corrected chi connectivity index (χ1v) is 4.51. The summed E-state index contributed by atoms with van der Waals surface area (Å²) >= 11 is 0. The van der Waals surface area contributed by atoms with Gasteiger partial charge in [-0.25, -0.2) is 4.79 Å². The number of hydrogen-bond donors (Lipinski definition) is 2. The van der Waals surface area contributed by atoms with Crippen LogP contribution in [-0.4, -0.2) is 28.8 Å². The Morgan fingerprint density at radius 3 is 2.00 bits per heavy atom. The van der Waals surface area contributed by atoms with Crippen LogP contribution < -0.4 is 0 Å². The van der Waals surface area contributed by atoms with Crippen molar-refractivity contribution in [3.8, 4) is 0 Å². The van der Waals surface area contributed by atoms with Crippen molar-refractivity contribution in [3.63, 3.8) is 0 Å². The second-order valence-electron chi connectivity index (χ2n) is 3.28. The van der Waals surface area contributed by atoms with Crippen molar-refractivity contribution in [1.82, 2.24) is 0 Å². The second kappa shape index (κ2) is 9.05. The summed E-state index contributed by atoms with van der Waals surface area (Å²) in [5.74, 6) is -1.57. The monoisotopic (exact) mass is 218 g/mol. The van der Waals surface area contributed by atoms with Gasteiger partial charge >= 0.3 is 5.97 Å². The van der Waals surface area contributed by atoms with Gasteiger partial charge in [-0.3, -0.25) is 4.79 Å². The van der Waals surface area contributed by atoms with Gasteiger partial charge < -0.3 is 14.9 Å². The zero-order valence-electron chi connectivity index (χ0n) is 9.32. The lowest BCUT2D eigenvalue weighted by Crippen LogP contribution is -2.05. The molecule has 0 heterocycles. The largest absolute Gasteiger partial charge is 0.487 e. The summed E-state index contributed by atoms with van der Waals surface area (Å²) in [6, 6.07) is 0. The van der Waals surface area contributed by atoms with Crippen LogP contribution in [0.15, 0.2) is 12.3 Å². The van der Waals surface area contributed by atoms with Crippen LogP contribution in [-0.2, 0) is 14.3 Å². The number of carbonyl (C=O) groups is 2. The normalized spacial score (nSPS) is 8.80. The van der Waals surface area contributed by atoms with Crippen molar-refractivity contribution in [2.45, 2.75) is 27.2 Å². The molecule has 0 aromatic carbocycles. The van der Waals surface area contributed by atoms with Crippen LogP contribution in [0.2, 0.25) is 0 Å². The molecule has 0 atom stereocenters. The van der Waals surface area contributed by atoms with Gasteiger partial charge in [0.05, 0.1) is 6.61 Å². The van der Waals surface area contributed by atoms with E-state index in [-0.39, 0.29) is 5.76 Å². The van der Waals surface area contributed by atoms with E-state index in [0.29, 0.717) is 12.5 Å². The molecule has 15 heavy (non-hydrogen) atoms. The highest BCUT2D eigenvalue weighted by Crippen LogP contribution is 2.02. The average Bonchev–Trinajstić information content (AvgIpc) is 2.01. The lowest BCUT2D eigenvalue weighted by Gasteiger charge is -2.06. The van der Waals surface area contributed by atoms with E-state index in [0.717, 1.165) is 13.3 Å². The molecule has 0 aromatic heterocycles. The summed E-state index contributed by atoms with van der Waals surface area (Å²) in [5, 5.41) is 15.7. The van der Waals surface area contributed by atoms with E-state index < -0.39 is 11.9 Å². The van der Waals surface area contributed by atoms with Crippen molar-refractivity contribution >= 4 is 11.9 Å². The Morgan fingerprint density at radius 2 is 1.73 bits per heavy atom. The molecule has 5 nitrogen and oxygen atoms in total. The number of carboxylic acid groups (broad SMARTS) is 2. The van der Waals surface area contributed by atoms with Gasteiger partial charge in [-0.1, -0.05) is 13.8 Å². The minimum absolute atomic E-state index is 0.175. The van der Waals surface area contributed by atoms with Crippen LogP contribution in [0.4, 0.5) is 0 Å². The highest BCUT2D eigenvalue weighted by Gasteiger charge is 2.04. The van der Waals surface area contributed by atoms with Gasteiger partial charge in [0.1, 0.15) is 0 Å². The second-order valence-corrected chi connectivity index (χ2v) is 3.28. The van der Waals surface area contributed by atoms with E-state index in [1.165, 1.54) is 0 Å². The first kappa shape index (κ1) is 15.9. The molecule has 0 amide bonds. The number of rotatable bonds is 5. The Balaban J connectivity index is 0. The van der Waals surface area contributed by atoms with Crippen LogP contribution in [0.1, 0.15) is 27.2 Å². The molecule has 0 unspecified atom stereocenters. The van der Waals surface area contributed by atoms with Gasteiger partial charge in [-0.2, -0.15) is 0 Å². The molecule has 0 aromatic rings. The van der Waals surface area contributed by atoms with E-state index in [9.17, 15) is 4.79 Å². The van der Waals surface area contributed by atoms with Gasteiger partial charge in [0.15, 0.2) is 5.76 Å². The van der Waals surface area contributed by atoms with Crippen molar-refractivity contribution in [3.05, 3.63) is 12.3 Å². The van der Waals surface area contributed by atoms with Gasteiger partial charge in [0.25, 0.3) is 5.97 Å². The Morgan fingerprint density at radius 1 is 1.33 bits per heavy atom. The summed E-state index contributed by atoms with van der Waals surface area (Å²) in [5.41, 5.74) is 0. The molecule has 0 saturated heterocycles. The average molecular weight is 218 g/mol. The predicted molar refractivity (Wildman–Crippen MR) is 55.5 cm³/mol. The van der Waals surface area contributed by atoms with Crippen LogP contribution in [0.25, 0.3) is 0 Å². The molecule has 5 heteroatoms. The molecule has 88 valence electrons. The molecule has 0 saturated carbocycles. The van der Waals surface area contributed by atoms with Crippen molar-refractivity contribution in [2.75, 3.05) is 6.61 Å². The van der Waals surface area contributed by atoms with Crippen LogP contribution in [0.5, 0.6) is 0 Å². The van der Waals surface area contributed by atoms with E-state index in [1.54, 1.807) is 0 Å². The first-order valence-electron chi connectivity index (χ1n) is 4.51. The van der Waals surface area contributed by atoms with Crippen LogP contribution in [0, 0.1) is 5.92 Å². The number of aliphatic carboxylic acids is 2. The lowest BCUT2D eigenvalue weighted by molar-refractivity contribution is -0.137. The van der Waals surface area contributed by atoms with Gasteiger partial charge in [-0.15, -0.1) is 0 Å². The van der Waals surface area contributed by atoms with Crippen LogP contribution >= 0.6 is 0 Å². The molecule has 2 N–H and O–H groups in total. The van der Waals surface area contributed by atoms with Gasteiger partial charge in [-0.05, 0) is 18.9 Å². The minimum Gasteiger partial charge on any atom is -0.487 e. The Bertz CT molecular complexity index is 216. The van der Waals surface area contributed by atoms with Gasteiger partial charge in [0, 0.05) is 6.92 Å². The molecule has 0 spiro atoms. The molecular weight excluding hydrogens is 200 g/mol. The van der Waals surface area contributed by atoms with E-state index in [2.05, 4.69) is 6.58 Å². The maximum absolute atomic E-state index is 10.2. The van der Waals surface area contributed by atoms with Crippen LogP contribution in [0.3, 0.4) is 0 Å². The fraction of sp³-hybridized carbons (Fsp3) is 0.600. The topological polar surface area (TPSA) is 83.8 Å². The molecule has 0 aliphatic rings. The predicted octanol–water partition coefficient (Wildman–Crippen LogP) is 1.74. The third kappa shape index (κ3) is 19.1. The summed E-state index contributed by atoms with van der Waals surface area (Å²) in [6.45, 7) is 8.84. The van der Waals surface area contributed by atoms with E-state index >= 15 is 0 Å².